The minimum atomic E-state index is 0.839. The molecule has 1 aliphatic heterocycles. The summed E-state index contributed by atoms with van der Waals surface area (Å²) >= 11 is 0. The SMILES string of the molecule is Cc1cc(C)nc(N2CCCN(c3nc(C)cc(C)n3)CC2)n1. The van der Waals surface area contributed by atoms with Crippen LogP contribution in [0.15, 0.2) is 12.1 Å². The maximum Gasteiger partial charge on any atom is 0.225 e. The first-order valence-corrected chi connectivity index (χ1v) is 8.16. The molecule has 23 heavy (non-hydrogen) atoms. The molecule has 122 valence electrons. The lowest BCUT2D eigenvalue weighted by atomic mass is 10.3. The molecule has 0 bridgehead atoms. The summed E-state index contributed by atoms with van der Waals surface area (Å²) in [5.74, 6) is 1.68. The van der Waals surface area contributed by atoms with Crippen LogP contribution in [0.4, 0.5) is 11.9 Å². The molecule has 0 amide bonds. The summed E-state index contributed by atoms with van der Waals surface area (Å²) < 4.78 is 0. The van der Waals surface area contributed by atoms with Crippen molar-refractivity contribution in [3.63, 3.8) is 0 Å². The topological polar surface area (TPSA) is 58.0 Å². The smallest absolute Gasteiger partial charge is 0.225 e. The van der Waals surface area contributed by atoms with Gasteiger partial charge in [0.05, 0.1) is 0 Å². The van der Waals surface area contributed by atoms with Gasteiger partial charge in [-0.3, -0.25) is 0 Å². The molecule has 2 aromatic heterocycles. The van der Waals surface area contributed by atoms with Gasteiger partial charge >= 0.3 is 0 Å². The molecule has 6 heteroatoms. The molecule has 2 aromatic rings. The average molecular weight is 312 g/mol. The predicted octanol–water partition coefficient (Wildman–Crippen LogP) is 2.22. The van der Waals surface area contributed by atoms with Crippen LogP contribution in [0.5, 0.6) is 0 Å². The van der Waals surface area contributed by atoms with Crippen molar-refractivity contribution in [2.24, 2.45) is 0 Å². The zero-order chi connectivity index (χ0) is 16.4. The van der Waals surface area contributed by atoms with E-state index >= 15 is 0 Å². The summed E-state index contributed by atoms with van der Waals surface area (Å²) in [6.07, 6.45) is 1.05. The first kappa shape index (κ1) is 15.6. The van der Waals surface area contributed by atoms with Crippen molar-refractivity contribution in [2.75, 3.05) is 36.0 Å². The molecular weight excluding hydrogens is 288 g/mol. The summed E-state index contributed by atoms with van der Waals surface area (Å²) in [5.41, 5.74) is 4.08. The Labute approximate surface area is 137 Å². The second kappa shape index (κ2) is 6.48. The van der Waals surface area contributed by atoms with Crippen LogP contribution in [0.3, 0.4) is 0 Å². The second-order valence-electron chi connectivity index (χ2n) is 6.23. The molecule has 3 heterocycles. The molecule has 1 fully saturated rings. The van der Waals surface area contributed by atoms with Crippen LogP contribution in [-0.2, 0) is 0 Å². The number of aryl methyl sites for hydroxylation is 4. The van der Waals surface area contributed by atoms with Crippen LogP contribution < -0.4 is 9.80 Å². The quantitative estimate of drug-likeness (QED) is 0.847. The van der Waals surface area contributed by atoms with E-state index < -0.39 is 0 Å². The van der Waals surface area contributed by atoms with Crippen molar-refractivity contribution in [1.29, 1.82) is 0 Å². The third-order valence-corrected chi connectivity index (χ3v) is 4.00. The zero-order valence-corrected chi connectivity index (χ0v) is 14.4. The molecule has 0 aliphatic carbocycles. The Morgan fingerprint density at radius 1 is 0.609 bits per heavy atom. The predicted molar refractivity (Wildman–Crippen MR) is 92.1 cm³/mol. The van der Waals surface area contributed by atoms with E-state index in [1.54, 1.807) is 0 Å². The van der Waals surface area contributed by atoms with E-state index in [0.29, 0.717) is 0 Å². The maximum absolute atomic E-state index is 4.59. The van der Waals surface area contributed by atoms with Crippen molar-refractivity contribution in [3.8, 4) is 0 Å². The van der Waals surface area contributed by atoms with Crippen LogP contribution in [0.25, 0.3) is 0 Å². The summed E-state index contributed by atoms with van der Waals surface area (Å²) in [6, 6.07) is 4.02. The largest absolute Gasteiger partial charge is 0.339 e. The summed E-state index contributed by atoms with van der Waals surface area (Å²) in [5, 5.41) is 0. The number of hydrogen-bond donors (Lipinski definition) is 0. The molecule has 1 aliphatic rings. The highest BCUT2D eigenvalue weighted by atomic mass is 15.3. The fourth-order valence-corrected chi connectivity index (χ4v) is 3.01. The fraction of sp³-hybridized carbons (Fsp3) is 0.529. The lowest BCUT2D eigenvalue weighted by molar-refractivity contribution is 0.773. The van der Waals surface area contributed by atoms with E-state index in [-0.39, 0.29) is 0 Å². The molecule has 0 N–H and O–H groups in total. The molecule has 0 spiro atoms. The van der Waals surface area contributed by atoms with Gasteiger partial charge in [-0.1, -0.05) is 0 Å². The Balaban J connectivity index is 1.76. The third kappa shape index (κ3) is 3.75. The van der Waals surface area contributed by atoms with E-state index in [0.717, 1.165) is 67.3 Å². The Bertz CT molecular complexity index is 599. The van der Waals surface area contributed by atoms with Crippen molar-refractivity contribution in [2.45, 2.75) is 34.1 Å². The van der Waals surface area contributed by atoms with Gasteiger partial charge in [-0.15, -0.1) is 0 Å². The van der Waals surface area contributed by atoms with Gasteiger partial charge in [0, 0.05) is 49.0 Å². The summed E-state index contributed by atoms with van der Waals surface area (Å²) in [7, 11) is 0. The lowest BCUT2D eigenvalue weighted by Crippen LogP contribution is -2.32. The molecule has 0 radical (unpaired) electrons. The molecule has 0 unspecified atom stereocenters. The van der Waals surface area contributed by atoms with Crippen LogP contribution in [-0.4, -0.2) is 46.1 Å². The van der Waals surface area contributed by atoms with Crippen LogP contribution >= 0.6 is 0 Å². The van der Waals surface area contributed by atoms with Crippen molar-refractivity contribution >= 4 is 11.9 Å². The van der Waals surface area contributed by atoms with Gasteiger partial charge in [0.2, 0.25) is 11.9 Å². The number of aromatic nitrogens is 4. The van der Waals surface area contributed by atoms with Crippen molar-refractivity contribution in [3.05, 3.63) is 34.9 Å². The van der Waals surface area contributed by atoms with Gasteiger partial charge in [0.25, 0.3) is 0 Å². The minimum absolute atomic E-state index is 0.839. The average Bonchev–Trinajstić information content (AvgIpc) is 2.71. The van der Waals surface area contributed by atoms with Crippen molar-refractivity contribution in [1.82, 2.24) is 19.9 Å². The Morgan fingerprint density at radius 3 is 1.30 bits per heavy atom. The second-order valence-corrected chi connectivity index (χ2v) is 6.23. The van der Waals surface area contributed by atoms with Gasteiger partial charge in [-0.25, -0.2) is 19.9 Å². The first-order valence-electron chi connectivity index (χ1n) is 8.16. The highest BCUT2D eigenvalue weighted by Gasteiger charge is 2.19. The monoisotopic (exact) mass is 312 g/mol. The molecule has 0 saturated carbocycles. The summed E-state index contributed by atoms with van der Waals surface area (Å²) in [6.45, 7) is 11.8. The Kier molecular flexibility index (Phi) is 4.41. The fourth-order valence-electron chi connectivity index (χ4n) is 3.01. The number of rotatable bonds is 2. The lowest BCUT2D eigenvalue weighted by Gasteiger charge is -2.22. The first-order chi connectivity index (χ1) is 11.0. The highest BCUT2D eigenvalue weighted by molar-refractivity contribution is 5.37. The van der Waals surface area contributed by atoms with Crippen LogP contribution in [0.2, 0.25) is 0 Å². The Hall–Kier alpha value is -2.24. The number of hydrogen-bond acceptors (Lipinski definition) is 6. The maximum atomic E-state index is 4.59. The highest BCUT2D eigenvalue weighted by Crippen LogP contribution is 2.16. The van der Waals surface area contributed by atoms with E-state index in [9.17, 15) is 0 Å². The normalized spacial score (nSPS) is 15.7. The van der Waals surface area contributed by atoms with Gasteiger partial charge in [0.1, 0.15) is 0 Å². The molecule has 0 aromatic carbocycles. The molecule has 3 rings (SSSR count). The van der Waals surface area contributed by atoms with Crippen molar-refractivity contribution < 1.29 is 0 Å². The van der Waals surface area contributed by atoms with E-state index in [1.165, 1.54) is 0 Å². The number of nitrogens with zero attached hydrogens (tertiary/aromatic N) is 6. The van der Waals surface area contributed by atoms with E-state index in [2.05, 4.69) is 29.7 Å². The minimum Gasteiger partial charge on any atom is -0.339 e. The van der Waals surface area contributed by atoms with Gasteiger partial charge < -0.3 is 9.80 Å². The van der Waals surface area contributed by atoms with Gasteiger partial charge in [0.15, 0.2) is 0 Å². The van der Waals surface area contributed by atoms with Gasteiger partial charge in [-0.05, 0) is 46.2 Å². The molecule has 6 nitrogen and oxygen atoms in total. The van der Waals surface area contributed by atoms with Gasteiger partial charge in [-0.2, -0.15) is 0 Å². The third-order valence-electron chi connectivity index (χ3n) is 4.00. The standard InChI is InChI=1S/C17H24N6/c1-12-10-13(2)19-16(18-12)22-6-5-7-23(9-8-22)17-20-14(3)11-15(4)21-17/h10-11H,5-9H2,1-4H3. The zero-order valence-electron chi connectivity index (χ0n) is 14.4. The van der Waals surface area contributed by atoms with E-state index in [4.69, 9.17) is 0 Å². The molecule has 1 saturated heterocycles. The molecule has 0 atom stereocenters. The Morgan fingerprint density at radius 2 is 0.957 bits per heavy atom. The van der Waals surface area contributed by atoms with Crippen LogP contribution in [0.1, 0.15) is 29.2 Å². The number of anilines is 2. The van der Waals surface area contributed by atoms with Crippen LogP contribution in [0, 0.1) is 27.7 Å². The summed E-state index contributed by atoms with van der Waals surface area (Å²) in [4.78, 5) is 22.9. The van der Waals surface area contributed by atoms with E-state index in [1.807, 2.05) is 39.8 Å². The molecular formula is C17H24N6.